The first-order valence-electron chi connectivity index (χ1n) is 14.4. The van der Waals surface area contributed by atoms with Crippen molar-refractivity contribution in [3.63, 3.8) is 0 Å². The highest BCUT2D eigenvalue weighted by Crippen LogP contribution is 1.85. The minimum absolute atomic E-state index is 0.701. The molecule has 0 bridgehead atoms. The smallest absolute Gasteiger partial charge is 0.0108 e. The van der Waals surface area contributed by atoms with Gasteiger partial charge in [-0.05, 0) is 27.7 Å². The van der Waals surface area contributed by atoms with Crippen LogP contribution < -0.4 is 49.1 Å². The summed E-state index contributed by atoms with van der Waals surface area (Å²) >= 11 is 0. The van der Waals surface area contributed by atoms with Crippen molar-refractivity contribution in [2.45, 2.75) is 6.92 Å². The quantitative estimate of drug-likeness (QED) is 0.0451. The second-order valence-corrected chi connectivity index (χ2v) is 9.15. The molecule has 226 valence electrons. The van der Waals surface area contributed by atoms with Gasteiger partial charge in [-0.1, -0.05) is 6.92 Å². The molecular weight excluding hydrogens is 468 g/mol. The van der Waals surface area contributed by atoms with Crippen molar-refractivity contribution in [2.75, 3.05) is 159 Å². The van der Waals surface area contributed by atoms with E-state index in [1.54, 1.807) is 0 Å². The van der Waals surface area contributed by atoms with Crippen molar-refractivity contribution in [3.8, 4) is 0 Å². The third-order valence-corrected chi connectivity index (χ3v) is 5.94. The molecule has 0 aromatic rings. The number of likely N-dealkylation sites (N-methyl/N-ethyl adjacent to an activating group) is 3. The van der Waals surface area contributed by atoms with E-state index in [-0.39, 0.29) is 0 Å². The topological polar surface area (TPSA) is 160 Å². The molecule has 12 nitrogen and oxygen atoms in total. The van der Waals surface area contributed by atoms with Crippen LogP contribution in [0.25, 0.3) is 0 Å². The Balaban J connectivity index is 0. The largest absolute Gasteiger partial charge is 0.329 e. The lowest BCUT2D eigenvalue weighted by molar-refractivity contribution is 0.280. The Morgan fingerprint density at radius 2 is 0.784 bits per heavy atom. The Labute approximate surface area is 229 Å². The number of hydrogen-bond acceptors (Lipinski definition) is 12. The van der Waals surface area contributed by atoms with Gasteiger partial charge in [0.15, 0.2) is 0 Å². The van der Waals surface area contributed by atoms with Crippen LogP contribution in [-0.2, 0) is 0 Å². The molecule has 0 aliphatic carbocycles. The van der Waals surface area contributed by atoms with Crippen LogP contribution in [0.1, 0.15) is 6.92 Å². The average Bonchev–Trinajstić information content (AvgIpc) is 2.90. The molecule has 0 atom stereocenters. The molecule has 0 rings (SSSR count). The van der Waals surface area contributed by atoms with Gasteiger partial charge in [0.05, 0.1) is 0 Å². The molecular formula is C25H66N12. The maximum atomic E-state index is 5.63. The summed E-state index contributed by atoms with van der Waals surface area (Å²) in [5.74, 6) is 0. The zero-order chi connectivity index (χ0) is 27.8. The van der Waals surface area contributed by atoms with E-state index in [1.807, 2.05) is 14.1 Å². The molecule has 37 heavy (non-hydrogen) atoms. The standard InChI is InChI=1S/C13H34N6.C12H32N6/c1-3-18(2)12-8-16-6-7-17-9-13-19(10-4-14)11-5-15;1-14-4-6-16-8-11-18(10-3-13)12-9-17-7-5-15-2/h16-17H,3-15H2,1-2H3;14-17H,3-13H2,1-2H3. The van der Waals surface area contributed by atoms with Gasteiger partial charge in [0, 0.05) is 131 Å². The molecule has 0 aliphatic rings. The predicted molar refractivity (Wildman–Crippen MR) is 163 cm³/mol. The fourth-order valence-electron chi connectivity index (χ4n) is 3.46. The zero-order valence-corrected chi connectivity index (χ0v) is 24.9. The third kappa shape index (κ3) is 31.6. The zero-order valence-electron chi connectivity index (χ0n) is 24.9. The van der Waals surface area contributed by atoms with Crippen molar-refractivity contribution >= 4 is 0 Å². The summed E-state index contributed by atoms with van der Waals surface area (Å²) in [6.07, 6.45) is 0. The van der Waals surface area contributed by atoms with Gasteiger partial charge in [-0.25, -0.2) is 0 Å². The van der Waals surface area contributed by atoms with Crippen LogP contribution in [0.4, 0.5) is 0 Å². The van der Waals surface area contributed by atoms with Gasteiger partial charge in [0.2, 0.25) is 0 Å². The van der Waals surface area contributed by atoms with E-state index in [2.05, 4.69) is 60.6 Å². The molecule has 0 fully saturated rings. The van der Waals surface area contributed by atoms with E-state index in [0.29, 0.717) is 13.1 Å². The van der Waals surface area contributed by atoms with Gasteiger partial charge in [-0.3, -0.25) is 9.80 Å². The van der Waals surface area contributed by atoms with Gasteiger partial charge >= 0.3 is 0 Å². The highest BCUT2D eigenvalue weighted by atomic mass is 15.2. The summed E-state index contributed by atoms with van der Waals surface area (Å²) in [5, 5.41) is 19.9. The minimum Gasteiger partial charge on any atom is -0.329 e. The molecule has 12 heteroatoms. The van der Waals surface area contributed by atoms with Crippen LogP contribution >= 0.6 is 0 Å². The fourth-order valence-corrected chi connectivity index (χ4v) is 3.46. The van der Waals surface area contributed by atoms with E-state index in [1.165, 1.54) is 0 Å². The molecule has 0 aromatic carbocycles. The van der Waals surface area contributed by atoms with E-state index in [9.17, 15) is 0 Å². The van der Waals surface area contributed by atoms with Crippen molar-refractivity contribution in [3.05, 3.63) is 0 Å². The second kappa shape index (κ2) is 33.5. The first-order valence-corrected chi connectivity index (χ1v) is 14.4. The number of nitrogens with two attached hydrogens (primary N) is 3. The number of nitrogens with zero attached hydrogens (tertiary/aromatic N) is 3. The predicted octanol–water partition coefficient (Wildman–Crippen LogP) is -3.80. The lowest BCUT2D eigenvalue weighted by atomic mass is 10.4. The summed E-state index contributed by atoms with van der Waals surface area (Å²) in [6, 6.07) is 0. The maximum Gasteiger partial charge on any atom is 0.0108 e. The van der Waals surface area contributed by atoms with Crippen LogP contribution in [0.3, 0.4) is 0 Å². The molecule has 0 aliphatic heterocycles. The third-order valence-electron chi connectivity index (χ3n) is 5.94. The SMILES string of the molecule is CCN(C)CCNCCNCCN(CCN)CCN.CNCCNCCN(CCN)CCNCCNC. The Morgan fingerprint density at radius 1 is 0.459 bits per heavy atom. The molecule has 12 N–H and O–H groups in total. The maximum absolute atomic E-state index is 5.63. The Bertz CT molecular complexity index is 386. The van der Waals surface area contributed by atoms with Gasteiger partial charge in [0.25, 0.3) is 0 Å². The Hall–Kier alpha value is -0.480. The molecule has 0 saturated carbocycles. The van der Waals surface area contributed by atoms with Crippen LogP contribution in [0.2, 0.25) is 0 Å². The van der Waals surface area contributed by atoms with Crippen LogP contribution in [0, 0.1) is 0 Å². The molecule has 0 radical (unpaired) electrons. The fraction of sp³-hybridized carbons (Fsp3) is 1.00. The Morgan fingerprint density at radius 3 is 1.11 bits per heavy atom. The molecule has 0 unspecified atom stereocenters. The summed E-state index contributed by atoms with van der Waals surface area (Å²) < 4.78 is 0. The van der Waals surface area contributed by atoms with E-state index >= 15 is 0 Å². The average molecular weight is 535 g/mol. The molecule has 0 amide bonds. The highest BCUT2D eigenvalue weighted by Gasteiger charge is 2.03. The summed E-state index contributed by atoms with van der Waals surface area (Å²) in [4.78, 5) is 7.01. The normalized spacial score (nSPS) is 11.5. The number of nitrogens with one attached hydrogen (secondary N) is 6. The van der Waals surface area contributed by atoms with Gasteiger partial charge < -0.3 is 54.0 Å². The molecule has 0 aromatic heterocycles. The highest BCUT2D eigenvalue weighted by molar-refractivity contribution is 4.64. The van der Waals surface area contributed by atoms with Gasteiger partial charge in [0.1, 0.15) is 0 Å². The Kier molecular flexibility index (Phi) is 35.1. The summed E-state index contributed by atoms with van der Waals surface area (Å²) in [5.41, 5.74) is 16.8. The van der Waals surface area contributed by atoms with E-state index in [4.69, 9.17) is 17.2 Å². The first kappa shape index (κ1) is 38.7. The lowest BCUT2D eigenvalue weighted by Gasteiger charge is -2.22. The van der Waals surface area contributed by atoms with E-state index < -0.39 is 0 Å². The van der Waals surface area contributed by atoms with Crippen molar-refractivity contribution in [1.82, 2.24) is 46.6 Å². The monoisotopic (exact) mass is 535 g/mol. The van der Waals surface area contributed by atoms with Crippen LogP contribution in [0.15, 0.2) is 0 Å². The van der Waals surface area contributed by atoms with Crippen molar-refractivity contribution in [1.29, 1.82) is 0 Å². The summed E-state index contributed by atoms with van der Waals surface area (Å²) in [6.45, 7) is 22.7. The molecule has 0 heterocycles. The molecule has 0 saturated heterocycles. The minimum atomic E-state index is 0.701. The van der Waals surface area contributed by atoms with E-state index in [0.717, 1.165) is 124 Å². The summed E-state index contributed by atoms with van der Waals surface area (Å²) in [7, 11) is 6.09. The van der Waals surface area contributed by atoms with Crippen molar-refractivity contribution < 1.29 is 0 Å². The van der Waals surface area contributed by atoms with Crippen LogP contribution in [-0.4, -0.2) is 173 Å². The molecule has 0 spiro atoms. The van der Waals surface area contributed by atoms with Crippen molar-refractivity contribution in [2.24, 2.45) is 17.2 Å². The second-order valence-electron chi connectivity index (χ2n) is 9.15. The number of rotatable bonds is 28. The van der Waals surface area contributed by atoms with Gasteiger partial charge in [-0.2, -0.15) is 0 Å². The first-order chi connectivity index (χ1) is 18.1. The number of hydrogen-bond donors (Lipinski definition) is 9. The van der Waals surface area contributed by atoms with Gasteiger partial charge in [-0.15, -0.1) is 0 Å². The lowest BCUT2D eigenvalue weighted by Crippen LogP contribution is -2.41. The van der Waals surface area contributed by atoms with Crippen LogP contribution in [0.5, 0.6) is 0 Å².